The molecule has 0 bridgehead atoms. The second-order valence-corrected chi connectivity index (χ2v) is 5.23. The van der Waals surface area contributed by atoms with Crippen molar-refractivity contribution in [2.24, 2.45) is 0 Å². The summed E-state index contributed by atoms with van der Waals surface area (Å²) in [6, 6.07) is 7.33. The fourth-order valence-electron chi connectivity index (χ4n) is 2.27. The summed E-state index contributed by atoms with van der Waals surface area (Å²) in [4.78, 5) is 25.2. The number of carbonyl (C=O) groups excluding carboxylic acids is 2. The number of hydrogen-bond acceptors (Lipinski definition) is 2. The number of halogens is 1. The largest absolute Gasteiger partial charge is 0.351 e. The summed E-state index contributed by atoms with van der Waals surface area (Å²) in [7, 11) is 0. The molecule has 0 unspecified atom stereocenters. The lowest BCUT2D eigenvalue weighted by atomic mass is 10.2. The minimum absolute atomic E-state index is 0.0359. The third kappa shape index (κ3) is 3.61. The van der Waals surface area contributed by atoms with Gasteiger partial charge in [0.1, 0.15) is 0 Å². The van der Waals surface area contributed by atoms with Crippen LogP contribution in [0.1, 0.15) is 18.4 Å². The van der Waals surface area contributed by atoms with Gasteiger partial charge >= 0.3 is 0 Å². The van der Waals surface area contributed by atoms with Crippen LogP contribution in [0.25, 0.3) is 0 Å². The molecule has 20 heavy (non-hydrogen) atoms. The van der Waals surface area contributed by atoms with Gasteiger partial charge in [-0.15, -0.1) is 6.58 Å². The molecule has 1 heterocycles. The monoisotopic (exact) mass is 292 g/mol. The Bertz CT molecular complexity index is 530. The molecule has 0 aliphatic carbocycles. The van der Waals surface area contributed by atoms with Crippen molar-refractivity contribution >= 4 is 23.4 Å². The van der Waals surface area contributed by atoms with Gasteiger partial charge in [0, 0.05) is 31.0 Å². The number of hydrogen-bond donors (Lipinski definition) is 1. The number of benzene rings is 1. The molecular formula is C15H17ClN2O2. The molecular weight excluding hydrogens is 276 g/mol. The molecule has 1 atom stereocenters. The first-order valence-electron chi connectivity index (χ1n) is 6.51. The second kappa shape index (κ2) is 6.57. The van der Waals surface area contributed by atoms with Gasteiger partial charge in [0.15, 0.2) is 0 Å². The fourth-order valence-corrected chi connectivity index (χ4v) is 2.47. The molecule has 4 nitrogen and oxygen atoms in total. The van der Waals surface area contributed by atoms with Gasteiger partial charge in [-0.05, 0) is 11.6 Å². The van der Waals surface area contributed by atoms with Crippen LogP contribution in [0.15, 0.2) is 36.9 Å². The third-order valence-corrected chi connectivity index (χ3v) is 3.60. The van der Waals surface area contributed by atoms with Gasteiger partial charge in [0.2, 0.25) is 11.8 Å². The van der Waals surface area contributed by atoms with Crippen molar-refractivity contribution in [3.05, 3.63) is 47.5 Å². The van der Waals surface area contributed by atoms with Crippen LogP contribution in [0.4, 0.5) is 0 Å². The molecule has 106 valence electrons. The van der Waals surface area contributed by atoms with E-state index in [1.165, 1.54) is 0 Å². The molecule has 0 saturated carbocycles. The van der Waals surface area contributed by atoms with Crippen LogP contribution in [-0.2, 0) is 16.1 Å². The molecule has 1 aromatic carbocycles. The predicted octanol–water partition coefficient (Wildman–Crippen LogP) is 2.13. The Labute approximate surface area is 123 Å². The van der Waals surface area contributed by atoms with Gasteiger partial charge in [0.05, 0.1) is 6.04 Å². The highest BCUT2D eigenvalue weighted by atomic mass is 35.5. The molecule has 0 spiro atoms. The van der Waals surface area contributed by atoms with Crippen LogP contribution in [0.3, 0.4) is 0 Å². The van der Waals surface area contributed by atoms with Crippen molar-refractivity contribution in [2.45, 2.75) is 25.4 Å². The summed E-state index contributed by atoms with van der Waals surface area (Å²) in [5, 5.41) is 3.49. The second-order valence-electron chi connectivity index (χ2n) is 4.83. The molecule has 1 saturated heterocycles. The molecule has 5 heteroatoms. The summed E-state index contributed by atoms with van der Waals surface area (Å²) in [6.07, 6.45) is 2.16. The standard InChI is InChI=1S/C15H17ClN2O2/c1-2-5-14(19)17-12-8-15(20)18(10-12)9-11-6-3-4-7-13(11)16/h2-4,6-7,12H,1,5,8-10H2,(H,17,19)/t12-/m1/s1. The quantitative estimate of drug-likeness (QED) is 0.845. The van der Waals surface area contributed by atoms with E-state index in [-0.39, 0.29) is 24.3 Å². The van der Waals surface area contributed by atoms with Crippen LogP contribution in [0.5, 0.6) is 0 Å². The summed E-state index contributed by atoms with van der Waals surface area (Å²) in [5.41, 5.74) is 0.917. The van der Waals surface area contributed by atoms with Gasteiger partial charge in [-0.2, -0.15) is 0 Å². The number of nitrogens with one attached hydrogen (secondary N) is 1. The van der Waals surface area contributed by atoms with Crippen molar-refractivity contribution in [3.63, 3.8) is 0 Å². The number of nitrogens with zero attached hydrogens (tertiary/aromatic N) is 1. The van der Waals surface area contributed by atoms with E-state index >= 15 is 0 Å². The van der Waals surface area contributed by atoms with Gasteiger partial charge in [-0.3, -0.25) is 9.59 Å². The Hall–Kier alpha value is -1.81. The van der Waals surface area contributed by atoms with E-state index in [9.17, 15) is 9.59 Å². The Morgan fingerprint density at radius 1 is 1.50 bits per heavy atom. The van der Waals surface area contributed by atoms with Crippen LogP contribution < -0.4 is 5.32 Å². The molecule has 2 amide bonds. The maximum absolute atomic E-state index is 12.0. The molecule has 1 fully saturated rings. The first-order chi connectivity index (χ1) is 9.60. The lowest BCUT2D eigenvalue weighted by molar-refractivity contribution is -0.128. The van der Waals surface area contributed by atoms with Crippen LogP contribution in [0, 0.1) is 0 Å². The smallest absolute Gasteiger partial charge is 0.225 e. The molecule has 1 N–H and O–H groups in total. The van der Waals surface area contributed by atoms with E-state index in [1.54, 1.807) is 17.0 Å². The normalized spacial score (nSPS) is 18.1. The lowest BCUT2D eigenvalue weighted by Gasteiger charge is -2.17. The lowest BCUT2D eigenvalue weighted by Crippen LogP contribution is -2.36. The highest BCUT2D eigenvalue weighted by Gasteiger charge is 2.30. The Morgan fingerprint density at radius 2 is 2.25 bits per heavy atom. The molecule has 1 aliphatic rings. The zero-order valence-electron chi connectivity index (χ0n) is 11.1. The Morgan fingerprint density at radius 3 is 2.95 bits per heavy atom. The first kappa shape index (κ1) is 14.6. The minimum atomic E-state index is -0.127. The molecule has 0 aromatic heterocycles. The van der Waals surface area contributed by atoms with E-state index in [2.05, 4.69) is 11.9 Å². The average Bonchev–Trinajstić information content (AvgIpc) is 2.72. The average molecular weight is 293 g/mol. The zero-order chi connectivity index (χ0) is 14.5. The Balaban J connectivity index is 1.94. The fraction of sp³-hybridized carbons (Fsp3) is 0.333. The van der Waals surface area contributed by atoms with E-state index in [1.807, 2.05) is 18.2 Å². The van der Waals surface area contributed by atoms with Crippen LogP contribution in [-0.4, -0.2) is 29.3 Å². The van der Waals surface area contributed by atoms with E-state index < -0.39 is 0 Å². The van der Waals surface area contributed by atoms with Crippen molar-refractivity contribution in [2.75, 3.05) is 6.54 Å². The molecule has 2 rings (SSSR count). The number of carbonyl (C=O) groups is 2. The van der Waals surface area contributed by atoms with Crippen LogP contribution >= 0.6 is 11.6 Å². The summed E-state index contributed by atoms with van der Waals surface area (Å²) in [5.74, 6) is -0.0637. The Kier molecular flexibility index (Phi) is 4.79. The predicted molar refractivity (Wildman–Crippen MR) is 78.2 cm³/mol. The third-order valence-electron chi connectivity index (χ3n) is 3.23. The highest BCUT2D eigenvalue weighted by Crippen LogP contribution is 2.20. The molecule has 0 radical (unpaired) electrons. The van der Waals surface area contributed by atoms with E-state index in [4.69, 9.17) is 11.6 Å². The van der Waals surface area contributed by atoms with Crippen LogP contribution in [0.2, 0.25) is 5.02 Å². The van der Waals surface area contributed by atoms with E-state index in [0.29, 0.717) is 24.5 Å². The van der Waals surface area contributed by atoms with Crippen molar-refractivity contribution in [1.29, 1.82) is 0 Å². The topological polar surface area (TPSA) is 49.4 Å². The SMILES string of the molecule is C=CCC(=O)N[C@@H]1CC(=O)N(Cc2ccccc2Cl)C1. The maximum atomic E-state index is 12.0. The van der Waals surface area contributed by atoms with Crippen molar-refractivity contribution in [1.82, 2.24) is 10.2 Å². The molecule has 1 aromatic rings. The number of amides is 2. The number of rotatable bonds is 5. The zero-order valence-corrected chi connectivity index (χ0v) is 11.9. The minimum Gasteiger partial charge on any atom is -0.351 e. The highest BCUT2D eigenvalue weighted by molar-refractivity contribution is 6.31. The molecule has 1 aliphatic heterocycles. The maximum Gasteiger partial charge on any atom is 0.225 e. The first-order valence-corrected chi connectivity index (χ1v) is 6.89. The van der Waals surface area contributed by atoms with Gasteiger partial charge in [0.25, 0.3) is 0 Å². The van der Waals surface area contributed by atoms with Crippen molar-refractivity contribution < 1.29 is 9.59 Å². The van der Waals surface area contributed by atoms with Crippen molar-refractivity contribution in [3.8, 4) is 0 Å². The summed E-state index contributed by atoms with van der Waals surface area (Å²) in [6.45, 7) is 4.52. The summed E-state index contributed by atoms with van der Waals surface area (Å²) >= 11 is 6.09. The van der Waals surface area contributed by atoms with Gasteiger partial charge < -0.3 is 10.2 Å². The number of likely N-dealkylation sites (tertiary alicyclic amines) is 1. The van der Waals surface area contributed by atoms with E-state index in [0.717, 1.165) is 5.56 Å². The summed E-state index contributed by atoms with van der Waals surface area (Å²) < 4.78 is 0. The van der Waals surface area contributed by atoms with Gasteiger partial charge in [-0.25, -0.2) is 0 Å². The van der Waals surface area contributed by atoms with Gasteiger partial charge in [-0.1, -0.05) is 35.9 Å².